The zero-order chi connectivity index (χ0) is 21.7. The van der Waals surface area contributed by atoms with Crippen LogP contribution in [0.25, 0.3) is 0 Å². The Balaban J connectivity index is 1.44. The van der Waals surface area contributed by atoms with Gasteiger partial charge in [-0.2, -0.15) is 0 Å². The fraction of sp³-hybridized carbons (Fsp3) is 0.591. The molecular weight excluding hydrogens is 386 g/mol. The molecule has 4 amide bonds. The molecule has 0 unspecified atom stereocenters. The van der Waals surface area contributed by atoms with E-state index in [-0.39, 0.29) is 24.4 Å². The van der Waals surface area contributed by atoms with E-state index in [1.165, 1.54) is 4.90 Å². The molecule has 1 aliphatic carbocycles. The van der Waals surface area contributed by atoms with Crippen molar-refractivity contribution in [2.75, 3.05) is 34.4 Å². The Morgan fingerprint density at radius 3 is 2.53 bits per heavy atom. The molecule has 30 heavy (non-hydrogen) atoms. The minimum atomic E-state index is -0.683. The predicted octanol–water partition coefficient (Wildman–Crippen LogP) is 2.35. The smallest absolute Gasteiger partial charge is 0.325 e. The number of nitrogens with zero attached hydrogens (tertiary/aromatic N) is 2. The largest absolute Gasteiger partial charge is 0.493 e. The summed E-state index contributed by atoms with van der Waals surface area (Å²) in [7, 11) is 4.96. The maximum absolute atomic E-state index is 12.6. The summed E-state index contributed by atoms with van der Waals surface area (Å²) < 4.78 is 10.6. The molecule has 1 saturated carbocycles. The molecule has 8 heteroatoms. The second kappa shape index (κ2) is 9.36. The van der Waals surface area contributed by atoms with E-state index in [1.807, 2.05) is 18.2 Å². The van der Waals surface area contributed by atoms with Gasteiger partial charge in [-0.15, -0.1) is 0 Å². The first-order chi connectivity index (χ1) is 14.4. The van der Waals surface area contributed by atoms with Crippen molar-refractivity contribution < 1.29 is 23.9 Å². The van der Waals surface area contributed by atoms with E-state index in [1.54, 1.807) is 26.2 Å². The van der Waals surface area contributed by atoms with Crippen LogP contribution in [0.1, 0.15) is 44.1 Å². The molecule has 164 valence electrons. The van der Waals surface area contributed by atoms with Crippen LogP contribution < -0.4 is 14.8 Å². The Bertz CT molecular complexity index is 804. The van der Waals surface area contributed by atoms with Crippen LogP contribution in [0.3, 0.4) is 0 Å². The third-order valence-corrected chi connectivity index (χ3v) is 6.08. The molecule has 1 spiro atoms. The van der Waals surface area contributed by atoms with Gasteiger partial charge in [0.15, 0.2) is 11.5 Å². The van der Waals surface area contributed by atoms with E-state index < -0.39 is 5.54 Å². The fourth-order valence-electron chi connectivity index (χ4n) is 4.23. The fourth-order valence-corrected chi connectivity index (χ4v) is 4.23. The lowest BCUT2D eigenvalue weighted by Gasteiger charge is -2.20. The average Bonchev–Trinajstić information content (AvgIpc) is 3.31. The van der Waals surface area contributed by atoms with Crippen molar-refractivity contribution in [3.63, 3.8) is 0 Å². The van der Waals surface area contributed by atoms with Crippen molar-refractivity contribution in [2.45, 2.75) is 50.5 Å². The van der Waals surface area contributed by atoms with E-state index in [0.29, 0.717) is 50.1 Å². The average molecular weight is 418 g/mol. The molecule has 1 aromatic carbocycles. The molecule has 2 fully saturated rings. The molecule has 1 N–H and O–H groups in total. The number of ether oxygens (including phenoxy) is 2. The third-order valence-electron chi connectivity index (χ3n) is 6.08. The standard InChI is InChI=1S/C22H31N3O5/c1-24(14-10-16-8-9-17(29-2)18(15-16)30-3)19(26)7-6-13-25-20(27)22(23-21(25)28)11-4-5-12-22/h8-9,15H,4-7,10-14H2,1-3H3,(H,23,28). The SMILES string of the molecule is COc1ccc(CCN(C)C(=O)CCCN2C(=O)NC3(CCCC3)C2=O)cc1OC. The monoisotopic (exact) mass is 417 g/mol. The number of rotatable bonds is 9. The number of hydrogen-bond donors (Lipinski definition) is 1. The van der Waals surface area contributed by atoms with Gasteiger partial charge in [-0.1, -0.05) is 18.9 Å². The van der Waals surface area contributed by atoms with Gasteiger partial charge in [0, 0.05) is 26.6 Å². The van der Waals surface area contributed by atoms with E-state index in [0.717, 1.165) is 18.4 Å². The van der Waals surface area contributed by atoms with Gasteiger partial charge < -0.3 is 19.7 Å². The number of amides is 4. The topological polar surface area (TPSA) is 88.2 Å². The van der Waals surface area contributed by atoms with Gasteiger partial charge in [0.05, 0.1) is 14.2 Å². The minimum absolute atomic E-state index is 0.00175. The van der Waals surface area contributed by atoms with Crippen LogP contribution in [0.2, 0.25) is 0 Å². The number of benzene rings is 1. The van der Waals surface area contributed by atoms with E-state index >= 15 is 0 Å². The van der Waals surface area contributed by atoms with Gasteiger partial charge in [0.1, 0.15) is 5.54 Å². The second-order valence-corrected chi connectivity index (χ2v) is 8.03. The molecule has 1 aromatic rings. The van der Waals surface area contributed by atoms with Gasteiger partial charge in [-0.3, -0.25) is 14.5 Å². The lowest BCUT2D eigenvalue weighted by atomic mass is 9.98. The highest BCUT2D eigenvalue weighted by Gasteiger charge is 2.52. The predicted molar refractivity (Wildman–Crippen MR) is 112 cm³/mol. The molecule has 0 atom stereocenters. The number of carbonyl (C=O) groups excluding carboxylic acids is 3. The summed E-state index contributed by atoms with van der Waals surface area (Å²) in [5.74, 6) is 1.21. The highest BCUT2D eigenvalue weighted by molar-refractivity contribution is 6.07. The van der Waals surface area contributed by atoms with Crippen molar-refractivity contribution >= 4 is 17.8 Å². The van der Waals surface area contributed by atoms with Crippen LogP contribution in [-0.4, -0.2) is 67.5 Å². The van der Waals surface area contributed by atoms with Gasteiger partial charge >= 0.3 is 6.03 Å². The van der Waals surface area contributed by atoms with Crippen molar-refractivity contribution in [1.82, 2.24) is 15.1 Å². The Kier molecular flexibility index (Phi) is 6.84. The van der Waals surface area contributed by atoms with E-state index in [4.69, 9.17) is 9.47 Å². The molecule has 1 aliphatic heterocycles. The summed E-state index contributed by atoms with van der Waals surface area (Å²) in [6.07, 6.45) is 4.81. The normalized spacial score (nSPS) is 17.4. The molecule has 1 heterocycles. The van der Waals surface area contributed by atoms with Gasteiger partial charge in [-0.25, -0.2) is 4.79 Å². The van der Waals surface area contributed by atoms with E-state index in [2.05, 4.69) is 5.32 Å². The first-order valence-corrected chi connectivity index (χ1v) is 10.5. The number of carbonyl (C=O) groups is 3. The van der Waals surface area contributed by atoms with Crippen LogP contribution in [-0.2, 0) is 16.0 Å². The molecule has 0 bridgehead atoms. The van der Waals surface area contributed by atoms with Crippen molar-refractivity contribution in [3.05, 3.63) is 23.8 Å². The number of methoxy groups -OCH3 is 2. The number of hydrogen-bond acceptors (Lipinski definition) is 5. The third kappa shape index (κ3) is 4.52. The van der Waals surface area contributed by atoms with Crippen LogP contribution in [0.5, 0.6) is 11.5 Å². The lowest BCUT2D eigenvalue weighted by molar-refractivity contribution is -0.133. The van der Waals surface area contributed by atoms with Crippen molar-refractivity contribution in [2.24, 2.45) is 0 Å². The molecule has 0 aromatic heterocycles. The summed E-state index contributed by atoms with van der Waals surface area (Å²) in [6.45, 7) is 0.849. The Labute approximate surface area is 177 Å². The Morgan fingerprint density at radius 2 is 1.87 bits per heavy atom. The summed E-state index contributed by atoms with van der Waals surface area (Å²) >= 11 is 0. The number of imide groups is 1. The summed E-state index contributed by atoms with van der Waals surface area (Å²) in [5, 5.41) is 2.87. The second-order valence-electron chi connectivity index (χ2n) is 8.03. The number of likely N-dealkylation sites (N-methyl/N-ethyl adjacent to an activating group) is 1. The highest BCUT2D eigenvalue weighted by Crippen LogP contribution is 2.35. The van der Waals surface area contributed by atoms with Crippen LogP contribution in [0, 0.1) is 0 Å². The van der Waals surface area contributed by atoms with Gasteiger partial charge in [0.25, 0.3) is 5.91 Å². The first-order valence-electron chi connectivity index (χ1n) is 10.5. The van der Waals surface area contributed by atoms with Gasteiger partial charge in [-0.05, 0) is 43.4 Å². The molecule has 3 rings (SSSR count). The first kappa shape index (κ1) is 21.9. The molecule has 1 saturated heterocycles. The van der Waals surface area contributed by atoms with Crippen LogP contribution in [0.15, 0.2) is 18.2 Å². The quantitative estimate of drug-likeness (QED) is 0.623. The minimum Gasteiger partial charge on any atom is -0.493 e. The Morgan fingerprint density at radius 1 is 1.17 bits per heavy atom. The molecule has 8 nitrogen and oxygen atoms in total. The number of urea groups is 1. The van der Waals surface area contributed by atoms with Crippen molar-refractivity contribution in [1.29, 1.82) is 0 Å². The summed E-state index contributed by atoms with van der Waals surface area (Å²) in [4.78, 5) is 40.2. The zero-order valence-electron chi connectivity index (χ0n) is 18.0. The van der Waals surface area contributed by atoms with Crippen LogP contribution >= 0.6 is 0 Å². The maximum Gasteiger partial charge on any atom is 0.325 e. The Hall–Kier alpha value is -2.77. The molecule has 2 aliphatic rings. The maximum atomic E-state index is 12.6. The van der Waals surface area contributed by atoms with E-state index in [9.17, 15) is 14.4 Å². The number of nitrogens with one attached hydrogen (secondary N) is 1. The van der Waals surface area contributed by atoms with Crippen LogP contribution in [0.4, 0.5) is 4.79 Å². The summed E-state index contributed by atoms with van der Waals surface area (Å²) in [6, 6.07) is 5.39. The molecule has 0 radical (unpaired) electrons. The summed E-state index contributed by atoms with van der Waals surface area (Å²) in [5.41, 5.74) is 0.366. The molecular formula is C22H31N3O5. The van der Waals surface area contributed by atoms with Crippen molar-refractivity contribution in [3.8, 4) is 11.5 Å². The van der Waals surface area contributed by atoms with Gasteiger partial charge in [0.2, 0.25) is 5.91 Å². The highest BCUT2D eigenvalue weighted by atomic mass is 16.5. The zero-order valence-corrected chi connectivity index (χ0v) is 18.0. The lowest BCUT2D eigenvalue weighted by Crippen LogP contribution is -2.44.